The van der Waals surface area contributed by atoms with Gasteiger partial charge in [-0.1, -0.05) is 0 Å². The molecule has 1 saturated heterocycles. The highest BCUT2D eigenvalue weighted by Gasteiger charge is 2.12. The largest absolute Gasteiger partial charge is 0.381 e. The van der Waals surface area contributed by atoms with E-state index in [1.807, 2.05) is 0 Å². The fourth-order valence-corrected chi connectivity index (χ4v) is 1.66. The zero-order chi connectivity index (χ0) is 9.64. The lowest BCUT2D eigenvalue weighted by Crippen LogP contribution is -2.27. The summed E-state index contributed by atoms with van der Waals surface area (Å²) in [4.78, 5) is 4.05. The quantitative estimate of drug-likeness (QED) is 0.728. The van der Waals surface area contributed by atoms with Crippen LogP contribution in [0.2, 0.25) is 0 Å². The smallest absolute Gasteiger partial charge is 0.138 e. The summed E-state index contributed by atoms with van der Waals surface area (Å²) in [6, 6.07) is 0. The fraction of sp³-hybridized carbons (Fsp3) is 0.778. The second kappa shape index (κ2) is 5.07. The Hall–Kier alpha value is -0.940. The molecule has 0 spiro atoms. The van der Waals surface area contributed by atoms with E-state index in [1.165, 1.54) is 19.2 Å². The lowest BCUT2D eigenvalue weighted by atomic mass is 10.0. The summed E-state index contributed by atoms with van der Waals surface area (Å²) in [6.45, 7) is 3.64. The molecule has 1 aromatic heterocycles. The first kappa shape index (κ1) is 9.61. The number of aromatic amines is 1. The molecule has 1 aromatic rings. The van der Waals surface area contributed by atoms with Gasteiger partial charge in [-0.25, -0.2) is 4.98 Å². The molecule has 0 amide bonds. The van der Waals surface area contributed by atoms with Crippen molar-refractivity contribution >= 4 is 0 Å². The maximum Gasteiger partial charge on any atom is 0.138 e. The number of aromatic nitrogens is 3. The van der Waals surface area contributed by atoms with Crippen LogP contribution in [0.5, 0.6) is 0 Å². The van der Waals surface area contributed by atoms with Crippen LogP contribution in [0.4, 0.5) is 0 Å². The van der Waals surface area contributed by atoms with Crippen molar-refractivity contribution in [2.75, 3.05) is 19.8 Å². The fourth-order valence-electron chi connectivity index (χ4n) is 1.66. The van der Waals surface area contributed by atoms with E-state index in [1.54, 1.807) is 0 Å². The van der Waals surface area contributed by atoms with Gasteiger partial charge in [0.2, 0.25) is 0 Å². The first-order valence-electron chi connectivity index (χ1n) is 5.08. The van der Waals surface area contributed by atoms with Crippen molar-refractivity contribution in [3.8, 4) is 0 Å². The number of nitrogens with one attached hydrogen (secondary N) is 2. The molecule has 1 aliphatic rings. The van der Waals surface area contributed by atoms with E-state index in [2.05, 4.69) is 20.5 Å². The lowest BCUT2D eigenvalue weighted by Gasteiger charge is -2.21. The SMILES string of the molecule is c1n[nH]c(CNCC2CCOCC2)n1. The molecular weight excluding hydrogens is 180 g/mol. The highest BCUT2D eigenvalue weighted by molar-refractivity contribution is 4.79. The number of nitrogens with zero attached hydrogens (tertiary/aromatic N) is 2. The maximum atomic E-state index is 5.30. The Morgan fingerprint density at radius 3 is 3.07 bits per heavy atom. The van der Waals surface area contributed by atoms with Gasteiger partial charge in [0.1, 0.15) is 12.2 Å². The Labute approximate surface area is 83.3 Å². The molecule has 0 bridgehead atoms. The van der Waals surface area contributed by atoms with Crippen LogP contribution in [0, 0.1) is 5.92 Å². The van der Waals surface area contributed by atoms with Gasteiger partial charge in [0.15, 0.2) is 0 Å². The molecule has 0 radical (unpaired) electrons. The topological polar surface area (TPSA) is 62.8 Å². The third-order valence-corrected chi connectivity index (χ3v) is 2.53. The Balaban J connectivity index is 1.62. The van der Waals surface area contributed by atoms with Gasteiger partial charge in [-0.3, -0.25) is 5.10 Å². The van der Waals surface area contributed by atoms with E-state index in [9.17, 15) is 0 Å². The van der Waals surface area contributed by atoms with Gasteiger partial charge in [-0.15, -0.1) is 0 Å². The molecule has 0 aromatic carbocycles. The van der Waals surface area contributed by atoms with Crippen molar-refractivity contribution < 1.29 is 4.74 Å². The average Bonchev–Trinajstić information content (AvgIpc) is 2.72. The first-order chi connectivity index (χ1) is 6.95. The van der Waals surface area contributed by atoms with Gasteiger partial charge in [-0.05, 0) is 25.3 Å². The summed E-state index contributed by atoms with van der Waals surface area (Å²) < 4.78 is 5.30. The molecule has 78 valence electrons. The van der Waals surface area contributed by atoms with Crippen molar-refractivity contribution in [3.05, 3.63) is 12.2 Å². The Bertz CT molecular complexity index is 243. The third-order valence-electron chi connectivity index (χ3n) is 2.53. The van der Waals surface area contributed by atoms with Crippen LogP contribution >= 0.6 is 0 Å². The number of H-pyrrole nitrogens is 1. The molecule has 14 heavy (non-hydrogen) atoms. The normalized spacial score (nSPS) is 18.6. The zero-order valence-electron chi connectivity index (χ0n) is 8.20. The van der Waals surface area contributed by atoms with E-state index in [0.29, 0.717) is 0 Å². The van der Waals surface area contributed by atoms with Gasteiger partial charge in [-0.2, -0.15) is 5.10 Å². The summed E-state index contributed by atoms with van der Waals surface area (Å²) >= 11 is 0. The number of ether oxygens (including phenoxy) is 1. The van der Waals surface area contributed by atoms with Crippen LogP contribution in [0.3, 0.4) is 0 Å². The third kappa shape index (κ3) is 2.78. The van der Waals surface area contributed by atoms with Crippen LogP contribution < -0.4 is 5.32 Å². The van der Waals surface area contributed by atoms with Crippen molar-refractivity contribution in [2.24, 2.45) is 5.92 Å². The Morgan fingerprint density at radius 2 is 2.36 bits per heavy atom. The Kier molecular flexibility index (Phi) is 3.48. The molecule has 5 nitrogen and oxygen atoms in total. The molecule has 2 rings (SSSR count). The zero-order valence-corrected chi connectivity index (χ0v) is 8.20. The average molecular weight is 196 g/mol. The lowest BCUT2D eigenvalue weighted by molar-refractivity contribution is 0.0662. The van der Waals surface area contributed by atoms with E-state index >= 15 is 0 Å². The molecule has 0 unspecified atom stereocenters. The number of hydrogen-bond acceptors (Lipinski definition) is 4. The van der Waals surface area contributed by atoms with Crippen molar-refractivity contribution in [1.29, 1.82) is 0 Å². The van der Waals surface area contributed by atoms with Crippen LogP contribution in [0.1, 0.15) is 18.7 Å². The van der Waals surface area contributed by atoms with Crippen molar-refractivity contribution in [2.45, 2.75) is 19.4 Å². The van der Waals surface area contributed by atoms with Crippen LogP contribution in [-0.2, 0) is 11.3 Å². The summed E-state index contributed by atoms with van der Waals surface area (Å²) in [5.74, 6) is 1.66. The van der Waals surface area contributed by atoms with E-state index in [-0.39, 0.29) is 0 Å². The van der Waals surface area contributed by atoms with E-state index in [0.717, 1.165) is 38.0 Å². The molecule has 1 fully saturated rings. The van der Waals surface area contributed by atoms with Gasteiger partial charge in [0.05, 0.1) is 6.54 Å². The molecule has 5 heteroatoms. The summed E-state index contributed by atoms with van der Waals surface area (Å²) in [7, 11) is 0. The predicted octanol–water partition coefficient (Wildman–Crippen LogP) is 0.321. The summed E-state index contributed by atoms with van der Waals surface area (Å²) in [5.41, 5.74) is 0. The number of hydrogen-bond donors (Lipinski definition) is 2. The maximum absolute atomic E-state index is 5.30. The molecule has 0 atom stereocenters. The second-order valence-corrected chi connectivity index (χ2v) is 3.62. The second-order valence-electron chi connectivity index (χ2n) is 3.62. The number of rotatable bonds is 4. The van der Waals surface area contributed by atoms with Gasteiger partial charge >= 0.3 is 0 Å². The van der Waals surface area contributed by atoms with Gasteiger partial charge < -0.3 is 10.1 Å². The molecular formula is C9H16N4O. The van der Waals surface area contributed by atoms with Crippen LogP contribution in [0.25, 0.3) is 0 Å². The highest BCUT2D eigenvalue weighted by atomic mass is 16.5. The minimum absolute atomic E-state index is 0.756. The summed E-state index contributed by atoms with van der Waals surface area (Å²) in [6.07, 6.45) is 3.87. The molecule has 1 aliphatic heterocycles. The molecule has 0 saturated carbocycles. The molecule has 2 N–H and O–H groups in total. The standard InChI is InChI=1S/C9H16N4O/c1-3-14-4-2-8(1)5-10-6-9-11-7-12-13-9/h7-8,10H,1-6H2,(H,11,12,13). The van der Waals surface area contributed by atoms with Gasteiger partial charge in [0.25, 0.3) is 0 Å². The Morgan fingerprint density at radius 1 is 1.50 bits per heavy atom. The predicted molar refractivity (Wildman–Crippen MR) is 51.6 cm³/mol. The molecule has 2 heterocycles. The van der Waals surface area contributed by atoms with Crippen LogP contribution in [0.15, 0.2) is 6.33 Å². The van der Waals surface area contributed by atoms with Gasteiger partial charge in [0, 0.05) is 13.2 Å². The first-order valence-corrected chi connectivity index (χ1v) is 5.08. The van der Waals surface area contributed by atoms with E-state index in [4.69, 9.17) is 4.74 Å². The van der Waals surface area contributed by atoms with Crippen molar-refractivity contribution in [3.63, 3.8) is 0 Å². The summed E-state index contributed by atoms with van der Waals surface area (Å²) in [5, 5.41) is 9.99. The highest BCUT2D eigenvalue weighted by Crippen LogP contribution is 2.13. The van der Waals surface area contributed by atoms with Crippen LogP contribution in [-0.4, -0.2) is 34.9 Å². The van der Waals surface area contributed by atoms with Crippen molar-refractivity contribution in [1.82, 2.24) is 20.5 Å². The monoisotopic (exact) mass is 196 g/mol. The minimum Gasteiger partial charge on any atom is -0.381 e. The molecule has 0 aliphatic carbocycles. The van der Waals surface area contributed by atoms with E-state index < -0.39 is 0 Å². The minimum atomic E-state index is 0.756.